The molecule has 0 atom stereocenters. The van der Waals surface area contributed by atoms with E-state index in [1.54, 1.807) is 13.1 Å². The van der Waals surface area contributed by atoms with E-state index in [1.165, 1.54) is 0 Å². The summed E-state index contributed by atoms with van der Waals surface area (Å²) in [5.74, 6) is 0.402. The third kappa shape index (κ3) is 4.67. The van der Waals surface area contributed by atoms with E-state index in [0.717, 1.165) is 28.2 Å². The van der Waals surface area contributed by atoms with Gasteiger partial charge in [0, 0.05) is 0 Å². The number of anilines is 1. The van der Waals surface area contributed by atoms with E-state index in [-0.39, 0.29) is 5.91 Å². The standard InChI is InChI=1S/C19H18N4O2S/c1-13-17(26-19(20)22-13)18(24)23-21-11-15-8-5-9-16(10-15)25-12-14-6-3-2-4-7-14/h2-11H,12H2,1H3,(H2,20,22)(H,23,24). The molecule has 132 valence electrons. The number of hydrazone groups is 1. The molecule has 0 aliphatic rings. The summed E-state index contributed by atoms with van der Waals surface area (Å²) in [6, 6.07) is 17.4. The lowest BCUT2D eigenvalue weighted by molar-refractivity contribution is 0.0958. The van der Waals surface area contributed by atoms with E-state index in [4.69, 9.17) is 10.5 Å². The molecule has 0 aliphatic carbocycles. The molecule has 2 aromatic carbocycles. The van der Waals surface area contributed by atoms with Crippen molar-refractivity contribution in [2.45, 2.75) is 13.5 Å². The van der Waals surface area contributed by atoms with Crippen molar-refractivity contribution in [1.82, 2.24) is 10.4 Å². The molecule has 3 aromatic rings. The lowest BCUT2D eigenvalue weighted by atomic mass is 10.2. The fourth-order valence-electron chi connectivity index (χ4n) is 2.27. The van der Waals surface area contributed by atoms with Crippen LogP contribution in [0.2, 0.25) is 0 Å². The molecule has 0 saturated heterocycles. The number of aryl methyl sites for hydroxylation is 1. The second-order valence-electron chi connectivity index (χ2n) is 5.51. The van der Waals surface area contributed by atoms with Crippen molar-refractivity contribution in [2.75, 3.05) is 5.73 Å². The first kappa shape index (κ1) is 17.6. The van der Waals surface area contributed by atoms with Crippen LogP contribution in [0.5, 0.6) is 5.75 Å². The highest BCUT2D eigenvalue weighted by Gasteiger charge is 2.13. The van der Waals surface area contributed by atoms with Crippen LogP contribution in [0.4, 0.5) is 5.13 Å². The molecule has 0 radical (unpaired) electrons. The molecule has 1 heterocycles. The predicted molar refractivity (Wildman–Crippen MR) is 104 cm³/mol. The Morgan fingerprint density at radius 3 is 2.81 bits per heavy atom. The summed E-state index contributed by atoms with van der Waals surface area (Å²) >= 11 is 1.14. The van der Waals surface area contributed by atoms with Gasteiger partial charge in [0.25, 0.3) is 5.91 Å². The molecule has 0 bridgehead atoms. The molecule has 0 saturated carbocycles. The number of nitrogen functional groups attached to an aromatic ring is 1. The van der Waals surface area contributed by atoms with Gasteiger partial charge in [0.05, 0.1) is 11.9 Å². The van der Waals surface area contributed by atoms with Gasteiger partial charge in [-0.3, -0.25) is 4.79 Å². The van der Waals surface area contributed by atoms with E-state index in [9.17, 15) is 4.79 Å². The molecule has 0 aliphatic heterocycles. The Morgan fingerprint density at radius 1 is 1.27 bits per heavy atom. The van der Waals surface area contributed by atoms with Crippen LogP contribution in [0.25, 0.3) is 0 Å². The minimum Gasteiger partial charge on any atom is -0.489 e. The number of rotatable bonds is 6. The summed E-state index contributed by atoms with van der Waals surface area (Å²) in [5, 5.41) is 4.35. The zero-order chi connectivity index (χ0) is 18.4. The summed E-state index contributed by atoms with van der Waals surface area (Å²) in [7, 11) is 0. The lowest BCUT2D eigenvalue weighted by Crippen LogP contribution is -2.17. The van der Waals surface area contributed by atoms with Crippen LogP contribution < -0.4 is 15.9 Å². The van der Waals surface area contributed by atoms with Crippen LogP contribution in [0.3, 0.4) is 0 Å². The summed E-state index contributed by atoms with van der Waals surface area (Å²) in [6.07, 6.45) is 1.56. The third-order valence-corrected chi connectivity index (χ3v) is 4.49. The Hall–Kier alpha value is -3.19. The molecular weight excluding hydrogens is 348 g/mol. The van der Waals surface area contributed by atoms with Crippen molar-refractivity contribution in [3.63, 3.8) is 0 Å². The molecule has 6 nitrogen and oxygen atoms in total. The Labute approximate surface area is 155 Å². The molecule has 3 rings (SSSR count). The summed E-state index contributed by atoms with van der Waals surface area (Å²) < 4.78 is 5.78. The first-order chi connectivity index (χ1) is 12.6. The fraction of sp³-hybridized carbons (Fsp3) is 0.105. The van der Waals surface area contributed by atoms with Crippen molar-refractivity contribution in [3.05, 3.63) is 76.3 Å². The number of aromatic nitrogens is 1. The molecule has 0 spiro atoms. The number of amides is 1. The van der Waals surface area contributed by atoms with Crippen LogP contribution in [0.15, 0.2) is 59.7 Å². The van der Waals surface area contributed by atoms with Gasteiger partial charge in [-0.1, -0.05) is 53.8 Å². The van der Waals surface area contributed by atoms with Crippen LogP contribution in [-0.4, -0.2) is 17.1 Å². The van der Waals surface area contributed by atoms with Crippen LogP contribution in [-0.2, 0) is 6.61 Å². The molecule has 0 unspecified atom stereocenters. The van der Waals surface area contributed by atoms with Crippen molar-refractivity contribution < 1.29 is 9.53 Å². The number of thiazole rings is 1. The van der Waals surface area contributed by atoms with Crippen molar-refractivity contribution >= 4 is 28.6 Å². The number of carbonyl (C=O) groups is 1. The number of nitrogens with two attached hydrogens (primary N) is 1. The zero-order valence-corrected chi connectivity index (χ0v) is 15.0. The monoisotopic (exact) mass is 366 g/mol. The highest BCUT2D eigenvalue weighted by molar-refractivity contribution is 7.17. The number of nitrogens with one attached hydrogen (secondary N) is 1. The van der Waals surface area contributed by atoms with Gasteiger partial charge in [-0.05, 0) is 30.2 Å². The van der Waals surface area contributed by atoms with Crippen LogP contribution >= 0.6 is 11.3 Å². The highest BCUT2D eigenvalue weighted by Crippen LogP contribution is 2.19. The molecule has 0 fully saturated rings. The zero-order valence-electron chi connectivity index (χ0n) is 14.2. The number of hydrogen-bond donors (Lipinski definition) is 2. The third-order valence-electron chi connectivity index (χ3n) is 3.51. The Morgan fingerprint density at radius 2 is 2.08 bits per heavy atom. The molecular formula is C19H18N4O2S. The summed E-state index contributed by atoms with van der Waals surface area (Å²) in [6.45, 7) is 2.23. The second-order valence-corrected chi connectivity index (χ2v) is 6.54. The van der Waals surface area contributed by atoms with Crippen molar-refractivity contribution in [1.29, 1.82) is 0 Å². The molecule has 26 heavy (non-hydrogen) atoms. The Balaban J connectivity index is 1.58. The van der Waals surface area contributed by atoms with Gasteiger partial charge in [-0.25, -0.2) is 10.4 Å². The maximum absolute atomic E-state index is 12.1. The highest BCUT2D eigenvalue weighted by atomic mass is 32.1. The molecule has 3 N–H and O–H groups in total. The first-order valence-electron chi connectivity index (χ1n) is 7.95. The second kappa shape index (κ2) is 8.26. The minimum atomic E-state index is -0.329. The summed E-state index contributed by atoms with van der Waals surface area (Å²) in [4.78, 5) is 16.5. The number of hydrogen-bond acceptors (Lipinski definition) is 6. The molecule has 1 aromatic heterocycles. The van der Waals surface area contributed by atoms with Gasteiger partial charge < -0.3 is 10.5 Å². The number of carbonyl (C=O) groups excluding carboxylic acids is 1. The average Bonchev–Trinajstić information content (AvgIpc) is 2.99. The van der Waals surface area contributed by atoms with Gasteiger partial charge in [0.2, 0.25) is 0 Å². The van der Waals surface area contributed by atoms with E-state index in [1.807, 2.05) is 54.6 Å². The van der Waals surface area contributed by atoms with Crippen LogP contribution in [0.1, 0.15) is 26.5 Å². The van der Waals surface area contributed by atoms with Crippen molar-refractivity contribution in [2.24, 2.45) is 5.10 Å². The lowest BCUT2D eigenvalue weighted by Gasteiger charge is -2.06. The van der Waals surface area contributed by atoms with Crippen LogP contribution in [0, 0.1) is 6.92 Å². The quantitative estimate of drug-likeness (QED) is 0.517. The van der Waals surface area contributed by atoms with E-state index in [2.05, 4.69) is 15.5 Å². The largest absolute Gasteiger partial charge is 0.489 e. The maximum atomic E-state index is 12.1. The van der Waals surface area contributed by atoms with Gasteiger partial charge in [0.15, 0.2) is 5.13 Å². The number of nitrogens with zero attached hydrogens (tertiary/aromatic N) is 2. The molecule has 7 heteroatoms. The van der Waals surface area contributed by atoms with Gasteiger partial charge >= 0.3 is 0 Å². The van der Waals surface area contributed by atoms with E-state index in [0.29, 0.717) is 22.3 Å². The van der Waals surface area contributed by atoms with Gasteiger partial charge in [-0.2, -0.15) is 5.10 Å². The van der Waals surface area contributed by atoms with Gasteiger partial charge in [-0.15, -0.1) is 0 Å². The predicted octanol–water partition coefficient (Wildman–Crippen LogP) is 3.38. The minimum absolute atomic E-state index is 0.329. The normalized spacial score (nSPS) is 10.8. The topological polar surface area (TPSA) is 89.6 Å². The van der Waals surface area contributed by atoms with Gasteiger partial charge in [0.1, 0.15) is 17.2 Å². The number of ether oxygens (including phenoxy) is 1. The van der Waals surface area contributed by atoms with E-state index < -0.39 is 0 Å². The Kier molecular flexibility index (Phi) is 5.60. The SMILES string of the molecule is Cc1nc(N)sc1C(=O)NN=Cc1cccc(OCc2ccccc2)c1. The summed E-state index contributed by atoms with van der Waals surface area (Å²) in [5.41, 5.74) is 10.6. The van der Waals surface area contributed by atoms with E-state index >= 15 is 0 Å². The smallest absolute Gasteiger partial charge is 0.283 e. The van der Waals surface area contributed by atoms with Crippen molar-refractivity contribution in [3.8, 4) is 5.75 Å². The maximum Gasteiger partial charge on any atom is 0.283 e. The fourth-order valence-corrected chi connectivity index (χ4v) is 2.99. The average molecular weight is 366 g/mol. The Bertz CT molecular complexity index is 922. The molecule has 1 amide bonds. The number of benzene rings is 2. The first-order valence-corrected chi connectivity index (χ1v) is 8.76.